The van der Waals surface area contributed by atoms with Gasteiger partial charge < -0.3 is 0 Å². The summed E-state index contributed by atoms with van der Waals surface area (Å²) in [6.07, 6.45) is 0. The molecular formula is C15H12ClFN2O2S3. The highest BCUT2D eigenvalue weighted by molar-refractivity contribution is 8.01. The maximum Gasteiger partial charge on any atom is 0.261 e. The minimum atomic E-state index is -3.85. The first kappa shape index (κ1) is 17.5. The van der Waals surface area contributed by atoms with Gasteiger partial charge in [0.2, 0.25) is 0 Å². The van der Waals surface area contributed by atoms with Crippen LogP contribution in [0, 0.1) is 5.82 Å². The number of aromatic nitrogens is 1. The molecule has 0 fully saturated rings. The minimum Gasteiger partial charge on any atom is -0.280 e. The number of thioether (sulfide) groups is 1. The summed E-state index contributed by atoms with van der Waals surface area (Å²) in [5.74, 6) is 0.257. The van der Waals surface area contributed by atoms with Crippen LogP contribution in [0.3, 0.4) is 0 Å². The maximum atomic E-state index is 13.2. The van der Waals surface area contributed by atoms with Gasteiger partial charge in [-0.25, -0.2) is 17.8 Å². The molecule has 0 unspecified atom stereocenters. The van der Waals surface area contributed by atoms with Crippen molar-refractivity contribution in [3.05, 3.63) is 47.2 Å². The predicted molar refractivity (Wildman–Crippen MR) is 98.2 cm³/mol. The molecule has 4 nitrogen and oxygen atoms in total. The third-order valence-electron chi connectivity index (χ3n) is 3.09. The van der Waals surface area contributed by atoms with Crippen LogP contribution < -0.4 is 4.72 Å². The van der Waals surface area contributed by atoms with E-state index in [4.69, 9.17) is 11.6 Å². The van der Waals surface area contributed by atoms with Crippen molar-refractivity contribution in [2.24, 2.45) is 0 Å². The smallest absolute Gasteiger partial charge is 0.261 e. The van der Waals surface area contributed by atoms with Gasteiger partial charge in [-0.05, 0) is 42.2 Å². The molecule has 0 amide bonds. The second-order valence-corrected chi connectivity index (χ2v) is 9.41. The minimum absolute atomic E-state index is 0.0967. The van der Waals surface area contributed by atoms with Gasteiger partial charge in [-0.1, -0.05) is 30.3 Å². The standard InChI is InChI=1S/C15H12ClFN2O2S3/c1-2-22-15-18-13-6-3-9(7-14(13)23-15)19-24(20,21)10-4-5-12(17)11(16)8-10/h3-8,19H,2H2,1H3. The van der Waals surface area contributed by atoms with E-state index in [0.29, 0.717) is 5.69 Å². The Morgan fingerprint density at radius 3 is 2.79 bits per heavy atom. The number of hydrogen-bond acceptors (Lipinski definition) is 5. The quantitative estimate of drug-likeness (QED) is 0.610. The summed E-state index contributed by atoms with van der Waals surface area (Å²) in [4.78, 5) is 4.37. The second kappa shape index (κ2) is 6.87. The second-order valence-electron chi connectivity index (χ2n) is 4.78. The van der Waals surface area contributed by atoms with Crippen LogP contribution in [-0.2, 0) is 10.0 Å². The summed E-state index contributed by atoms with van der Waals surface area (Å²) in [7, 11) is -3.85. The molecule has 2 aromatic carbocycles. The largest absolute Gasteiger partial charge is 0.280 e. The van der Waals surface area contributed by atoms with Gasteiger partial charge in [-0.2, -0.15) is 0 Å². The SMILES string of the molecule is CCSc1nc2ccc(NS(=O)(=O)c3ccc(F)c(Cl)c3)cc2s1. The third kappa shape index (κ3) is 3.66. The fraction of sp³-hybridized carbons (Fsp3) is 0.133. The van der Waals surface area contributed by atoms with Gasteiger partial charge >= 0.3 is 0 Å². The molecule has 9 heteroatoms. The molecule has 0 spiro atoms. The summed E-state index contributed by atoms with van der Waals surface area (Å²) >= 11 is 8.80. The number of halogens is 2. The Labute approximate surface area is 152 Å². The molecule has 1 N–H and O–H groups in total. The van der Waals surface area contributed by atoms with Crippen molar-refractivity contribution < 1.29 is 12.8 Å². The molecule has 0 bridgehead atoms. The molecule has 0 atom stereocenters. The number of nitrogens with one attached hydrogen (secondary N) is 1. The Balaban J connectivity index is 1.91. The van der Waals surface area contributed by atoms with Gasteiger partial charge in [0.05, 0.1) is 25.8 Å². The average molecular weight is 403 g/mol. The van der Waals surface area contributed by atoms with Crippen molar-refractivity contribution >= 4 is 60.6 Å². The highest BCUT2D eigenvalue weighted by atomic mass is 35.5. The van der Waals surface area contributed by atoms with E-state index in [-0.39, 0.29) is 9.92 Å². The molecule has 0 saturated carbocycles. The number of hydrogen-bond donors (Lipinski definition) is 1. The third-order valence-corrected chi connectivity index (χ3v) is 6.80. The summed E-state index contributed by atoms with van der Waals surface area (Å²) in [5.41, 5.74) is 1.24. The van der Waals surface area contributed by atoms with Crippen LogP contribution in [0.1, 0.15) is 6.92 Å². The molecule has 126 valence electrons. The molecule has 0 saturated heterocycles. The lowest BCUT2D eigenvalue weighted by Gasteiger charge is -2.08. The van der Waals surface area contributed by atoms with E-state index >= 15 is 0 Å². The van der Waals surface area contributed by atoms with Crippen LogP contribution in [0.5, 0.6) is 0 Å². The Morgan fingerprint density at radius 2 is 2.08 bits per heavy atom. The van der Waals surface area contributed by atoms with E-state index in [9.17, 15) is 12.8 Å². The molecule has 1 heterocycles. The van der Waals surface area contributed by atoms with E-state index < -0.39 is 15.8 Å². The zero-order valence-corrected chi connectivity index (χ0v) is 15.6. The lowest BCUT2D eigenvalue weighted by molar-refractivity contribution is 0.599. The topological polar surface area (TPSA) is 59.1 Å². The highest BCUT2D eigenvalue weighted by Gasteiger charge is 2.16. The molecule has 0 radical (unpaired) electrons. The van der Waals surface area contributed by atoms with Crippen molar-refractivity contribution in [1.82, 2.24) is 4.98 Å². The van der Waals surface area contributed by atoms with Crippen LogP contribution >= 0.6 is 34.7 Å². The molecule has 0 aliphatic heterocycles. The first-order valence-electron chi connectivity index (χ1n) is 6.90. The fourth-order valence-electron chi connectivity index (χ4n) is 2.01. The van der Waals surface area contributed by atoms with Gasteiger partial charge in [0.25, 0.3) is 10.0 Å². The van der Waals surface area contributed by atoms with Crippen molar-refractivity contribution in [2.75, 3.05) is 10.5 Å². The first-order valence-corrected chi connectivity index (χ1v) is 10.6. The molecule has 3 rings (SSSR count). The van der Waals surface area contributed by atoms with Crippen molar-refractivity contribution in [3.63, 3.8) is 0 Å². The molecule has 3 aromatic rings. The molecule has 0 aliphatic carbocycles. The lowest BCUT2D eigenvalue weighted by Crippen LogP contribution is -2.13. The van der Waals surface area contributed by atoms with Gasteiger partial charge in [-0.15, -0.1) is 11.3 Å². The van der Waals surface area contributed by atoms with E-state index in [0.717, 1.165) is 32.4 Å². The number of anilines is 1. The van der Waals surface area contributed by atoms with Gasteiger partial charge in [0.15, 0.2) is 4.34 Å². The zero-order chi connectivity index (χ0) is 17.3. The van der Waals surface area contributed by atoms with E-state index in [2.05, 4.69) is 9.71 Å². The van der Waals surface area contributed by atoms with E-state index in [1.54, 1.807) is 30.0 Å². The lowest BCUT2D eigenvalue weighted by atomic mass is 10.3. The number of fused-ring (bicyclic) bond motifs is 1. The fourth-order valence-corrected chi connectivity index (χ4v) is 5.34. The predicted octanol–water partition coefficient (Wildman–Crippen LogP) is 5.00. The average Bonchev–Trinajstić information content (AvgIpc) is 2.91. The van der Waals surface area contributed by atoms with Crippen LogP contribution in [0.15, 0.2) is 45.6 Å². The summed E-state index contributed by atoms with van der Waals surface area (Å²) in [6.45, 7) is 2.05. The maximum absolute atomic E-state index is 13.2. The number of sulfonamides is 1. The molecule has 24 heavy (non-hydrogen) atoms. The number of nitrogens with zero attached hydrogens (tertiary/aromatic N) is 1. The van der Waals surface area contributed by atoms with Crippen LogP contribution in [0.25, 0.3) is 10.2 Å². The summed E-state index contributed by atoms with van der Waals surface area (Å²) < 4.78 is 42.3. The normalized spacial score (nSPS) is 11.8. The van der Waals surface area contributed by atoms with Crippen LogP contribution in [-0.4, -0.2) is 19.2 Å². The summed E-state index contributed by atoms with van der Waals surface area (Å²) in [6, 6.07) is 8.42. The van der Waals surface area contributed by atoms with E-state index in [1.807, 2.05) is 6.92 Å². The van der Waals surface area contributed by atoms with Gasteiger partial charge in [0.1, 0.15) is 5.82 Å². The Hall–Kier alpha value is -1.35. The summed E-state index contributed by atoms with van der Waals surface area (Å²) in [5, 5.41) is -0.239. The van der Waals surface area contributed by atoms with Crippen molar-refractivity contribution in [2.45, 2.75) is 16.2 Å². The van der Waals surface area contributed by atoms with Gasteiger partial charge in [0, 0.05) is 0 Å². The zero-order valence-electron chi connectivity index (χ0n) is 12.4. The Morgan fingerprint density at radius 1 is 1.29 bits per heavy atom. The number of thiazole rings is 1. The first-order chi connectivity index (χ1) is 11.4. The monoisotopic (exact) mass is 402 g/mol. The molecule has 0 aliphatic rings. The number of benzene rings is 2. The van der Waals surface area contributed by atoms with Crippen LogP contribution in [0.2, 0.25) is 5.02 Å². The van der Waals surface area contributed by atoms with Crippen molar-refractivity contribution in [1.29, 1.82) is 0 Å². The van der Waals surface area contributed by atoms with Crippen LogP contribution in [0.4, 0.5) is 10.1 Å². The Bertz CT molecular complexity index is 1010. The van der Waals surface area contributed by atoms with Gasteiger partial charge in [-0.3, -0.25) is 4.72 Å². The van der Waals surface area contributed by atoms with E-state index in [1.165, 1.54) is 17.4 Å². The van der Waals surface area contributed by atoms with Crippen molar-refractivity contribution in [3.8, 4) is 0 Å². The molecular weight excluding hydrogens is 391 g/mol. The highest BCUT2D eigenvalue weighted by Crippen LogP contribution is 2.31. The molecule has 1 aromatic heterocycles. The Kier molecular flexibility index (Phi) is 5.00. The number of rotatable bonds is 5.